The maximum atomic E-state index is 12.4. The molecule has 2 aliphatic rings. The Balaban J connectivity index is 1.67. The Bertz CT molecular complexity index is 470. The fraction of sp³-hybridized carbons (Fsp3) is 0.625. The van der Waals surface area contributed by atoms with Gasteiger partial charge in [-0.3, -0.25) is 9.59 Å². The quantitative estimate of drug-likeness (QED) is 0.843. The van der Waals surface area contributed by atoms with Gasteiger partial charge in [0.25, 0.3) is 11.8 Å². The van der Waals surface area contributed by atoms with E-state index in [0.29, 0.717) is 9.75 Å². The van der Waals surface area contributed by atoms with Crippen molar-refractivity contribution >= 4 is 23.2 Å². The lowest BCUT2D eigenvalue weighted by Crippen LogP contribution is -2.35. The predicted molar refractivity (Wildman–Crippen MR) is 83.8 cm³/mol. The van der Waals surface area contributed by atoms with Gasteiger partial charge in [0.1, 0.15) is 0 Å². The van der Waals surface area contributed by atoms with E-state index in [9.17, 15) is 9.59 Å². The maximum Gasteiger partial charge on any atom is 0.263 e. The van der Waals surface area contributed by atoms with Crippen molar-refractivity contribution in [2.45, 2.75) is 38.5 Å². The summed E-state index contributed by atoms with van der Waals surface area (Å²) in [5.41, 5.74) is 0. The Morgan fingerprint density at radius 3 is 1.48 bits per heavy atom. The number of nitrogens with zero attached hydrogens (tertiary/aromatic N) is 2. The monoisotopic (exact) mass is 306 g/mol. The van der Waals surface area contributed by atoms with Gasteiger partial charge in [-0.05, 0) is 50.7 Å². The molecule has 3 heterocycles. The average molecular weight is 306 g/mol. The number of rotatable bonds is 2. The molecular formula is C16H22N2O2S. The minimum absolute atomic E-state index is 0.0948. The van der Waals surface area contributed by atoms with Crippen molar-refractivity contribution in [3.8, 4) is 0 Å². The fourth-order valence-corrected chi connectivity index (χ4v) is 4.02. The Morgan fingerprint density at radius 1 is 0.714 bits per heavy atom. The second kappa shape index (κ2) is 6.60. The van der Waals surface area contributed by atoms with Gasteiger partial charge in [-0.25, -0.2) is 0 Å². The number of piperidine rings is 2. The molecule has 2 aliphatic heterocycles. The zero-order valence-corrected chi connectivity index (χ0v) is 13.2. The molecule has 0 N–H and O–H groups in total. The Kier molecular flexibility index (Phi) is 4.58. The summed E-state index contributed by atoms with van der Waals surface area (Å²) in [7, 11) is 0. The summed E-state index contributed by atoms with van der Waals surface area (Å²) in [6.45, 7) is 3.41. The van der Waals surface area contributed by atoms with E-state index in [1.54, 1.807) is 0 Å². The number of carbonyl (C=O) groups is 2. The molecule has 2 fully saturated rings. The number of hydrogen-bond acceptors (Lipinski definition) is 3. The van der Waals surface area contributed by atoms with E-state index in [1.807, 2.05) is 21.9 Å². The van der Waals surface area contributed by atoms with Gasteiger partial charge in [-0.1, -0.05) is 0 Å². The van der Waals surface area contributed by atoms with Crippen LogP contribution in [0.2, 0.25) is 0 Å². The molecule has 114 valence electrons. The van der Waals surface area contributed by atoms with Crippen LogP contribution in [0.3, 0.4) is 0 Å². The highest BCUT2D eigenvalue weighted by Gasteiger charge is 2.23. The third kappa shape index (κ3) is 3.28. The highest BCUT2D eigenvalue weighted by molar-refractivity contribution is 7.15. The Labute approximate surface area is 129 Å². The van der Waals surface area contributed by atoms with Crippen LogP contribution >= 0.6 is 11.3 Å². The molecule has 2 saturated heterocycles. The fourth-order valence-electron chi connectivity index (χ4n) is 3.07. The minimum atomic E-state index is 0.0948. The summed E-state index contributed by atoms with van der Waals surface area (Å²) in [5.74, 6) is 0.190. The van der Waals surface area contributed by atoms with E-state index in [2.05, 4.69) is 0 Å². The third-order valence-corrected chi connectivity index (χ3v) is 5.38. The van der Waals surface area contributed by atoms with Gasteiger partial charge >= 0.3 is 0 Å². The topological polar surface area (TPSA) is 40.6 Å². The first-order valence-corrected chi connectivity index (χ1v) is 8.76. The minimum Gasteiger partial charge on any atom is -0.338 e. The summed E-state index contributed by atoms with van der Waals surface area (Å²) >= 11 is 1.35. The van der Waals surface area contributed by atoms with E-state index in [4.69, 9.17) is 0 Å². The lowest BCUT2D eigenvalue weighted by atomic mass is 10.1. The van der Waals surface area contributed by atoms with Crippen LogP contribution in [0.5, 0.6) is 0 Å². The highest BCUT2D eigenvalue weighted by atomic mass is 32.1. The van der Waals surface area contributed by atoms with Gasteiger partial charge < -0.3 is 9.80 Å². The van der Waals surface area contributed by atoms with E-state index in [0.717, 1.165) is 51.9 Å². The smallest absolute Gasteiger partial charge is 0.263 e. The van der Waals surface area contributed by atoms with Crippen molar-refractivity contribution in [1.29, 1.82) is 0 Å². The van der Waals surface area contributed by atoms with Crippen LogP contribution in [0.4, 0.5) is 0 Å². The first-order chi connectivity index (χ1) is 10.3. The molecule has 0 unspecified atom stereocenters. The van der Waals surface area contributed by atoms with E-state index in [1.165, 1.54) is 24.2 Å². The molecule has 0 aromatic carbocycles. The first kappa shape index (κ1) is 14.6. The summed E-state index contributed by atoms with van der Waals surface area (Å²) in [6.07, 6.45) is 6.81. The Morgan fingerprint density at radius 2 is 1.10 bits per heavy atom. The van der Waals surface area contributed by atoms with Gasteiger partial charge in [-0.2, -0.15) is 0 Å². The van der Waals surface area contributed by atoms with Crippen LogP contribution in [0, 0.1) is 0 Å². The molecule has 2 amide bonds. The molecule has 3 rings (SSSR count). The second-order valence-electron chi connectivity index (χ2n) is 5.87. The van der Waals surface area contributed by atoms with Crippen molar-refractivity contribution in [1.82, 2.24) is 9.80 Å². The van der Waals surface area contributed by atoms with Crippen molar-refractivity contribution < 1.29 is 9.59 Å². The molecule has 0 saturated carbocycles. The van der Waals surface area contributed by atoms with Crippen LogP contribution in [0.15, 0.2) is 12.1 Å². The number of hydrogen-bond donors (Lipinski definition) is 0. The molecule has 0 radical (unpaired) electrons. The lowest BCUT2D eigenvalue weighted by molar-refractivity contribution is 0.0723. The number of likely N-dealkylation sites (tertiary alicyclic amines) is 2. The van der Waals surface area contributed by atoms with E-state index < -0.39 is 0 Å². The lowest BCUT2D eigenvalue weighted by Gasteiger charge is -2.26. The Hall–Kier alpha value is -1.36. The van der Waals surface area contributed by atoms with Crippen LogP contribution in [-0.2, 0) is 0 Å². The van der Waals surface area contributed by atoms with Crippen LogP contribution in [-0.4, -0.2) is 47.8 Å². The summed E-state index contributed by atoms with van der Waals surface area (Å²) in [5, 5.41) is 0. The van der Waals surface area contributed by atoms with Gasteiger partial charge in [0.15, 0.2) is 0 Å². The number of thiophene rings is 1. The van der Waals surface area contributed by atoms with Crippen LogP contribution in [0.1, 0.15) is 57.9 Å². The van der Waals surface area contributed by atoms with E-state index >= 15 is 0 Å². The van der Waals surface area contributed by atoms with Crippen molar-refractivity contribution in [3.63, 3.8) is 0 Å². The van der Waals surface area contributed by atoms with Crippen LogP contribution < -0.4 is 0 Å². The first-order valence-electron chi connectivity index (χ1n) is 7.94. The predicted octanol–water partition coefficient (Wildman–Crippen LogP) is 3.00. The largest absolute Gasteiger partial charge is 0.338 e. The van der Waals surface area contributed by atoms with Gasteiger partial charge in [-0.15, -0.1) is 11.3 Å². The summed E-state index contributed by atoms with van der Waals surface area (Å²) in [6, 6.07) is 3.64. The SMILES string of the molecule is O=C(c1ccc(C(=O)N2CCCCC2)s1)N1CCCCC1. The number of amides is 2. The van der Waals surface area contributed by atoms with Gasteiger partial charge in [0, 0.05) is 26.2 Å². The molecule has 0 atom stereocenters. The normalized spacial score (nSPS) is 19.6. The van der Waals surface area contributed by atoms with Crippen molar-refractivity contribution in [2.24, 2.45) is 0 Å². The molecule has 1 aromatic rings. The van der Waals surface area contributed by atoms with E-state index in [-0.39, 0.29) is 11.8 Å². The standard InChI is InChI=1S/C16H22N2O2S/c19-15(17-9-3-1-4-10-17)13-7-8-14(21-13)16(20)18-11-5-2-6-12-18/h7-8H,1-6,9-12H2. The average Bonchev–Trinajstić information content (AvgIpc) is 3.05. The molecular weight excluding hydrogens is 284 g/mol. The zero-order valence-electron chi connectivity index (χ0n) is 12.3. The zero-order chi connectivity index (χ0) is 14.7. The van der Waals surface area contributed by atoms with Crippen LogP contribution in [0.25, 0.3) is 0 Å². The van der Waals surface area contributed by atoms with Gasteiger partial charge in [0.2, 0.25) is 0 Å². The molecule has 1 aromatic heterocycles. The molecule has 0 bridgehead atoms. The maximum absolute atomic E-state index is 12.4. The summed E-state index contributed by atoms with van der Waals surface area (Å²) in [4.78, 5) is 30.1. The molecule has 0 aliphatic carbocycles. The third-order valence-electron chi connectivity index (χ3n) is 4.31. The summed E-state index contributed by atoms with van der Waals surface area (Å²) < 4.78 is 0. The number of carbonyl (C=O) groups excluding carboxylic acids is 2. The van der Waals surface area contributed by atoms with Gasteiger partial charge in [0.05, 0.1) is 9.75 Å². The molecule has 21 heavy (non-hydrogen) atoms. The van der Waals surface area contributed by atoms with Crippen molar-refractivity contribution in [2.75, 3.05) is 26.2 Å². The van der Waals surface area contributed by atoms with Crippen molar-refractivity contribution in [3.05, 3.63) is 21.9 Å². The highest BCUT2D eigenvalue weighted by Crippen LogP contribution is 2.23. The molecule has 0 spiro atoms. The molecule has 5 heteroatoms. The molecule has 4 nitrogen and oxygen atoms in total. The second-order valence-corrected chi connectivity index (χ2v) is 6.95.